The molecular formula is C17H25NO13S. The van der Waals surface area contributed by atoms with Crippen molar-refractivity contribution in [3.63, 3.8) is 0 Å². The lowest BCUT2D eigenvalue weighted by atomic mass is 9.96. The summed E-state index contributed by atoms with van der Waals surface area (Å²) in [7, 11) is -3.96. The van der Waals surface area contributed by atoms with E-state index in [1.54, 1.807) is 0 Å². The molecule has 0 aliphatic carbocycles. The summed E-state index contributed by atoms with van der Waals surface area (Å²) in [5.74, 6) is -4.22. The molecule has 1 fully saturated rings. The molecule has 14 nitrogen and oxygen atoms in total. The first-order chi connectivity index (χ1) is 14.7. The fourth-order valence-electron chi connectivity index (χ4n) is 2.71. The van der Waals surface area contributed by atoms with Crippen LogP contribution in [0.3, 0.4) is 0 Å². The van der Waals surface area contributed by atoms with Crippen molar-refractivity contribution in [3.8, 4) is 0 Å². The molecule has 0 radical (unpaired) electrons. The Balaban J connectivity index is 3.31. The van der Waals surface area contributed by atoms with E-state index in [2.05, 4.69) is 9.50 Å². The van der Waals surface area contributed by atoms with Crippen LogP contribution in [-0.4, -0.2) is 88.3 Å². The van der Waals surface area contributed by atoms with Crippen molar-refractivity contribution in [3.05, 3.63) is 0 Å². The van der Waals surface area contributed by atoms with Crippen LogP contribution in [0.4, 0.5) is 0 Å². The first-order valence-corrected chi connectivity index (χ1v) is 11.0. The lowest BCUT2D eigenvalue weighted by molar-refractivity contribution is -0.271. The monoisotopic (exact) mass is 483 g/mol. The topological polar surface area (TPSA) is 187 Å². The molecule has 15 heteroatoms. The number of nitrogens with one attached hydrogen (secondary N) is 1. The van der Waals surface area contributed by atoms with Gasteiger partial charge in [-0.1, -0.05) is 0 Å². The quantitative estimate of drug-likeness (QED) is 0.219. The van der Waals surface area contributed by atoms with Crippen molar-refractivity contribution < 1.29 is 60.3 Å². The van der Waals surface area contributed by atoms with Gasteiger partial charge in [-0.3, -0.25) is 28.2 Å². The predicted octanol–water partition coefficient (Wildman–Crippen LogP) is -1.84. The SMILES string of the molecule is CC(=O)OCC1OC(OC(C)=O)C(NC(=O)COS(C)(=O)=O)C(OC(C)=O)[C@H]1OC(C)=O. The molecule has 0 aromatic heterocycles. The number of carbonyl (C=O) groups is 5. The molecule has 1 aliphatic rings. The predicted molar refractivity (Wildman–Crippen MR) is 101 cm³/mol. The molecule has 32 heavy (non-hydrogen) atoms. The molecule has 182 valence electrons. The first-order valence-electron chi connectivity index (χ1n) is 9.14. The van der Waals surface area contributed by atoms with Crippen molar-refractivity contribution >= 4 is 39.9 Å². The smallest absolute Gasteiger partial charge is 0.305 e. The highest BCUT2D eigenvalue weighted by Crippen LogP contribution is 2.28. The second-order valence-electron chi connectivity index (χ2n) is 6.66. The Morgan fingerprint density at radius 3 is 1.84 bits per heavy atom. The zero-order valence-corrected chi connectivity index (χ0v) is 18.8. The van der Waals surface area contributed by atoms with E-state index in [4.69, 9.17) is 23.7 Å². The van der Waals surface area contributed by atoms with Crippen LogP contribution < -0.4 is 5.32 Å². The fourth-order valence-corrected chi connectivity index (χ4v) is 3.03. The van der Waals surface area contributed by atoms with Crippen LogP contribution in [0.1, 0.15) is 27.7 Å². The summed E-state index contributed by atoms with van der Waals surface area (Å²) in [6.07, 6.45) is -4.99. The van der Waals surface area contributed by atoms with Crippen LogP contribution in [0.5, 0.6) is 0 Å². The Morgan fingerprint density at radius 2 is 1.38 bits per heavy atom. The Kier molecular flexibility index (Phi) is 9.99. The molecule has 1 amide bonds. The van der Waals surface area contributed by atoms with Crippen molar-refractivity contribution in [2.75, 3.05) is 19.5 Å². The summed E-state index contributed by atoms with van der Waals surface area (Å²) in [6.45, 7) is 2.83. The first kappa shape index (κ1) is 27.3. The normalized spacial score (nSPS) is 25.2. The fraction of sp³-hybridized carbons (Fsp3) is 0.706. The van der Waals surface area contributed by atoms with Crippen LogP contribution >= 0.6 is 0 Å². The Hall–Kier alpha value is -2.78. The van der Waals surface area contributed by atoms with E-state index in [-0.39, 0.29) is 0 Å². The summed E-state index contributed by atoms with van der Waals surface area (Å²) in [5.41, 5.74) is 0. The number of rotatable bonds is 9. The van der Waals surface area contributed by atoms with Crippen LogP contribution in [0.15, 0.2) is 0 Å². The van der Waals surface area contributed by atoms with Crippen LogP contribution in [0.2, 0.25) is 0 Å². The van der Waals surface area contributed by atoms with E-state index in [1.165, 1.54) is 0 Å². The Bertz CT molecular complexity index is 839. The molecule has 0 saturated carbocycles. The lowest BCUT2D eigenvalue weighted by Gasteiger charge is -2.44. The van der Waals surface area contributed by atoms with Gasteiger partial charge in [0.15, 0.2) is 12.2 Å². The third-order valence-corrected chi connectivity index (χ3v) is 4.26. The van der Waals surface area contributed by atoms with E-state index < -0.39 is 83.8 Å². The van der Waals surface area contributed by atoms with Crippen molar-refractivity contribution in [2.45, 2.75) is 58.3 Å². The molecule has 1 rings (SSSR count). The highest BCUT2D eigenvalue weighted by atomic mass is 32.2. The standard InChI is InChI=1S/C17H25NO13S/c1-8(19)26-6-12-15(28-9(2)20)16(29-10(3)21)14(17(31-12)30-11(4)22)18-13(23)7-27-32(5,24)25/h12,14-17H,6-7H2,1-5H3,(H,18,23)/t12?,14?,15-,16?,17?/m0/s1. The summed E-state index contributed by atoms with van der Waals surface area (Å²) in [5, 5.41) is 2.28. The van der Waals surface area contributed by atoms with Crippen molar-refractivity contribution in [1.29, 1.82) is 0 Å². The number of ether oxygens (including phenoxy) is 5. The lowest BCUT2D eigenvalue weighted by Crippen LogP contribution is -2.67. The van der Waals surface area contributed by atoms with Gasteiger partial charge in [-0.15, -0.1) is 0 Å². The second-order valence-corrected chi connectivity index (χ2v) is 8.31. The summed E-state index contributed by atoms with van der Waals surface area (Å²) >= 11 is 0. The molecule has 1 aliphatic heterocycles. The molecule has 0 bridgehead atoms. The van der Waals surface area contributed by atoms with E-state index in [0.29, 0.717) is 0 Å². The average molecular weight is 483 g/mol. The molecule has 0 spiro atoms. The average Bonchev–Trinajstić information content (AvgIpc) is 2.61. The molecule has 1 saturated heterocycles. The van der Waals surface area contributed by atoms with E-state index in [9.17, 15) is 32.4 Å². The van der Waals surface area contributed by atoms with E-state index in [0.717, 1.165) is 34.0 Å². The second kappa shape index (κ2) is 11.7. The number of hydrogen-bond acceptors (Lipinski definition) is 13. The third kappa shape index (κ3) is 9.57. The van der Waals surface area contributed by atoms with Gasteiger partial charge in [0.05, 0.1) is 6.26 Å². The molecule has 5 atom stereocenters. The maximum Gasteiger partial charge on any atom is 0.305 e. The zero-order valence-electron chi connectivity index (χ0n) is 18.0. The van der Waals surface area contributed by atoms with Gasteiger partial charge in [-0.25, -0.2) is 0 Å². The Morgan fingerprint density at radius 1 is 0.844 bits per heavy atom. The summed E-state index contributed by atoms with van der Waals surface area (Å²) in [6, 6.07) is -1.45. The number of carbonyl (C=O) groups excluding carboxylic acids is 5. The minimum Gasteiger partial charge on any atom is -0.463 e. The van der Waals surface area contributed by atoms with Gasteiger partial charge >= 0.3 is 23.9 Å². The van der Waals surface area contributed by atoms with Crippen molar-refractivity contribution in [1.82, 2.24) is 5.32 Å². The highest BCUT2D eigenvalue weighted by Gasteiger charge is 2.52. The Labute approximate surface area is 183 Å². The summed E-state index contributed by atoms with van der Waals surface area (Å²) in [4.78, 5) is 58.4. The van der Waals surface area contributed by atoms with Gasteiger partial charge in [0.25, 0.3) is 10.1 Å². The van der Waals surface area contributed by atoms with Gasteiger partial charge in [0.2, 0.25) is 12.2 Å². The largest absolute Gasteiger partial charge is 0.463 e. The molecule has 1 N–H and O–H groups in total. The van der Waals surface area contributed by atoms with Crippen molar-refractivity contribution in [2.24, 2.45) is 0 Å². The van der Waals surface area contributed by atoms with Gasteiger partial charge in [0.1, 0.15) is 25.4 Å². The van der Waals surface area contributed by atoms with E-state index in [1.807, 2.05) is 0 Å². The van der Waals surface area contributed by atoms with Gasteiger partial charge < -0.3 is 29.0 Å². The van der Waals surface area contributed by atoms with Crippen LogP contribution in [0, 0.1) is 0 Å². The maximum atomic E-state index is 12.2. The van der Waals surface area contributed by atoms with Gasteiger partial charge in [0, 0.05) is 27.7 Å². The van der Waals surface area contributed by atoms with E-state index >= 15 is 0 Å². The molecular weight excluding hydrogens is 458 g/mol. The van der Waals surface area contributed by atoms with Gasteiger partial charge in [-0.05, 0) is 0 Å². The minimum atomic E-state index is -3.96. The maximum absolute atomic E-state index is 12.2. The highest BCUT2D eigenvalue weighted by molar-refractivity contribution is 7.86. The third-order valence-electron chi connectivity index (χ3n) is 3.72. The molecule has 1 heterocycles. The number of hydrogen-bond donors (Lipinski definition) is 1. The van der Waals surface area contributed by atoms with Crippen LogP contribution in [0.25, 0.3) is 0 Å². The van der Waals surface area contributed by atoms with Gasteiger partial charge in [-0.2, -0.15) is 8.42 Å². The number of amides is 1. The number of esters is 4. The minimum absolute atomic E-state index is 0.472. The zero-order chi connectivity index (χ0) is 24.6. The summed E-state index contributed by atoms with van der Waals surface area (Å²) < 4.78 is 52.5. The molecule has 0 aromatic rings. The molecule has 4 unspecified atom stereocenters. The van der Waals surface area contributed by atoms with Crippen LogP contribution in [-0.2, 0) is 62.0 Å². The molecule has 0 aromatic carbocycles.